The quantitative estimate of drug-likeness (QED) is 0.886. The van der Waals surface area contributed by atoms with Gasteiger partial charge in [-0.2, -0.15) is 0 Å². The zero-order valence-corrected chi connectivity index (χ0v) is 10.4. The Morgan fingerprint density at radius 3 is 2.80 bits per heavy atom. The summed E-state index contributed by atoms with van der Waals surface area (Å²) in [6.45, 7) is 2.70. The molecule has 0 amide bonds. The normalized spacial score (nSPS) is 31.3. The molecule has 3 atom stereocenters. The predicted molar refractivity (Wildman–Crippen MR) is 64.4 cm³/mol. The fourth-order valence-corrected chi connectivity index (χ4v) is 2.71. The standard InChI is InChI=1S/C12H16BrNO/c1-8-6-12(8,7-14)11(15)9-3-2-4-10(13)5-9/h2-5,8,11,15H,6-7,14H2,1H3/t8-,11-,12-/m0/s1. The molecule has 1 aromatic carbocycles. The van der Waals surface area contributed by atoms with Crippen LogP contribution >= 0.6 is 15.9 Å². The van der Waals surface area contributed by atoms with Gasteiger partial charge in [0, 0.05) is 16.4 Å². The molecule has 2 rings (SSSR count). The average molecular weight is 270 g/mol. The highest BCUT2D eigenvalue weighted by molar-refractivity contribution is 9.10. The van der Waals surface area contributed by atoms with E-state index in [1.54, 1.807) is 0 Å². The lowest BCUT2D eigenvalue weighted by atomic mass is 9.91. The number of aliphatic hydroxyl groups excluding tert-OH is 1. The Morgan fingerprint density at radius 2 is 2.33 bits per heavy atom. The number of hydrogen-bond acceptors (Lipinski definition) is 2. The zero-order chi connectivity index (χ0) is 11.1. The molecule has 3 heteroatoms. The van der Waals surface area contributed by atoms with Gasteiger partial charge in [0.25, 0.3) is 0 Å². The molecule has 1 saturated carbocycles. The highest BCUT2D eigenvalue weighted by Gasteiger charge is 2.55. The van der Waals surface area contributed by atoms with Crippen LogP contribution in [0, 0.1) is 11.3 Å². The van der Waals surface area contributed by atoms with Crippen LogP contribution < -0.4 is 5.73 Å². The highest BCUT2D eigenvalue weighted by Crippen LogP contribution is 2.59. The molecule has 0 aliphatic heterocycles. The Labute approximate surface area is 98.6 Å². The molecule has 0 spiro atoms. The highest BCUT2D eigenvalue weighted by atomic mass is 79.9. The average Bonchev–Trinajstić information content (AvgIpc) is 2.90. The van der Waals surface area contributed by atoms with Crippen molar-refractivity contribution in [2.24, 2.45) is 17.1 Å². The molecular formula is C12H16BrNO. The molecular weight excluding hydrogens is 254 g/mol. The van der Waals surface area contributed by atoms with Crippen LogP contribution in [0.4, 0.5) is 0 Å². The SMILES string of the molecule is C[C@H]1C[C@@]1(CN)[C@@H](O)c1cccc(Br)c1. The van der Waals surface area contributed by atoms with Gasteiger partial charge in [-0.1, -0.05) is 35.0 Å². The van der Waals surface area contributed by atoms with Gasteiger partial charge < -0.3 is 10.8 Å². The molecule has 1 aliphatic carbocycles. The largest absolute Gasteiger partial charge is 0.388 e. The molecule has 1 fully saturated rings. The van der Waals surface area contributed by atoms with Crippen LogP contribution in [0.1, 0.15) is 25.0 Å². The van der Waals surface area contributed by atoms with Crippen LogP contribution in [0.5, 0.6) is 0 Å². The third-order valence-electron chi connectivity index (χ3n) is 3.60. The lowest BCUT2D eigenvalue weighted by Crippen LogP contribution is -2.25. The number of benzene rings is 1. The molecule has 1 aliphatic rings. The van der Waals surface area contributed by atoms with Crippen molar-refractivity contribution in [1.29, 1.82) is 0 Å². The van der Waals surface area contributed by atoms with Crippen molar-refractivity contribution in [2.45, 2.75) is 19.4 Å². The number of halogens is 1. The summed E-state index contributed by atoms with van der Waals surface area (Å²) < 4.78 is 1.000. The van der Waals surface area contributed by atoms with Crippen molar-refractivity contribution in [2.75, 3.05) is 6.54 Å². The zero-order valence-electron chi connectivity index (χ0n) is 8.78. The van der Waals surface area contributed by atoms with Gasteiger partial charge in [-0.15, -0.1) is 0 Å². The first-order chi connectivity index (χ1) is 7.10. The van der Waals surface area contributed by atoms with E-state index in [0.29, 0.717) is 12.5 Å². The Bertz CT molecular complexity index is 364. The van der Waals surface area contributed by atoms with Crippen molar-refractivity contribution in [3.05, 3.63) is 34.3 Å². The van der Waals surface area contributed by atoms with Gasteiger partial charge in [-0.05, 0) is 30.0 Å². The third-order valence-corrected chi connectivity index (χ3v) is 4.09. The molecule has 0 bridgehead atoms. The van der Waals surface area contributed by atoms with Crippen LogP contribution in [-0.2, 0) is 0 Å². The summed E-state index contributed by atoms with van der Waals surface area (Å²) in [6.07, 6.45) is 0.590. The maximum atomic E-state index is 10.3. The summed E-state index contributed by atoms with van der Waals surface area (Å²) >= 11 is 3.41. The second kappa shape index (κ2) is 3.89. The lowest BCUT2D eigenvalue weighted by molar-refractivity contribution is 0.0888. The molecule has 0 unspecified atom stereocenters. The van der Waals surface area contributed by atoms with E-state index < -0.39 is 6.10 Å². The molecule has 0 saturated heterocycles. The lowest BCUT2D eigenvalue weighted by Gasteiger charge is -2.22. The minimum absolute atomic E-state index is 0.0825. The molecule has 1 aromatic rings. The number of nitrogens with two attached hydrogens (primary N) is 1. The van der Waals surface area contributed by atoms with E-state index in [1.165, 1.54) is 0 Å². The van der Waals surface area contributed by atoms with E-state index in [2.05, 4.69) is 22.9 Å². The monoisotopic (exact) mass is 269 g/mol. The molecule has 0 aromatic heterocycles. The number of rotatable bonds is 3. The fourth-order valence-electron chi connectivity index (χ4n) is 2.30. The van der Waals surface area contributed by atoms with Gasteiger partial charge in [0.05, 0.1) is 6.10 Å². The summed E-state index contributed by atoms with van der Waals surface area (Å²) in [5.74, 6) is 0.525. The van der Waals surface area contributed by atoms with E-state index >= 15 is 0 Å². The summed E-state index contributed by atoms with van der Waals surface area (Å²) in [4.78, 5) is 0. The summed E-state index contributed by atoms with van der Waals surface area (Å²) in [7, 11) is 0. The smallest absolute Gasteiger partial charge is 0.0861 e. The molecule has 0 radical (unpaired) electrons. The van der Waals surface area contributed by atoms with E-state index in [4.69, 9.17) is 5.73 Å². The Kier molecular flexibility index (Phi) is 2.88. The van der Waals surface area contributed by atoms with E-state index in [1.807, 2.05) is 24.3 Å². The van der Waals surface area contributed by atoms with Crippen molar-refractivity contribution in [3.63, 3.8) is 0 Å². The summed E-state index contributed by atoms with van der Waals surface area (Å²) in [5, 5.41) is 10.3. The Morgan fingerprint density at radius 1 is 1.67 bits per heavy atom. The van der Waals surface area contributed by atoms with Crippen molar-refractivity contribution < 1.29 is 5.11 Å². The minimum atomic E-state index is -0.435. The number of hydrogen-bond donors (Lipinski definition) is 2. The molecule has 15 heavy (non-hydrogen) atoms. The predicted octanol–water partition coefficient (Wildman–Crippen LogP) is 2.47. The van der Waals surface area contributed by atoms with Crippen molar-refractivity contribution >= 4 is 15.9 Å². The van der Waals surface area contributed by atoms with Crippen molar-refractivity contribution in [1.82, 2.24) is 0 Å². The van der Waals surface area contributed by atoms with Crippen LogP contribution in [0.25, 0.3) is 0 Å². The third kappa shape index (κ3) is 1.84. The van der Waals surface area contributed by atoms with Crippen LogP contribution in [0.3, 0.4) is 0 Å². The minimum Gasteiger partial charge on any atom is -0.388 e. The van der Waals surface area contributed by atoms with Gasteiger partial charge in [0.2, 0.25) is 0 Å². The summed E-state index contributed by atoms with van der Waals surface area (Å²) in [5.41, 5.74) is 6.64. The molecule has 82 valence electrons. The fraction of sp³-hybridized carbons (Fsp3) is 0.500. The van der Waals surface area contributed by atoms with Crippen LogP contribution in [0.15, 0.2) is 28.7 Å². The summed E-state index contributed by atoms with van der Waals surface area (Å²) in [6, 6.07) is 7.83. The first kappa shape index (κ1) is 11.1. The first-order valence-electron chi connectivity index (χ1n) is 5.24. The second-order valence-corrected chi connectivity index (χ2v) is 5.42. The molecule has 0 heterocycles. The van der Waals surface area contributed by atoms with Crippen LogP contribution in [0.2, 0.25) is 0 Å². The van der Waals surface area contributed by atoms with Gasteiger partial charge in [0.1, 0.15) is 0 Å². The first-order valence-corrected chi connectivity index (χ1v) is 6.03. The molecule has 2 nitrogen and oxygen atoms in total. The number of aliphatic hydroxyl groups is 1. The van der Waals surface area contributed by atoms with Gasteiger partial charge in [-0.3, -0.25) is 0 Å². The van der Waals surface area contributed by atoms with E-state index in [9.17, 15) is 5.11 Å². The van der Waals surface area contributed by atoms with E-state index in [-0.39, 0.29) is 5.41 Å². The Balaban J connectivity index is 2.25. The van der Waals surface area contributed by atoms with Gasteiger partial charge in [-0.25, -0.2) is 0 Å². The Hall–Kier alpha value is -0.380. The van der Waals surface area contributed by atoms with Gasteiger partial charge >= 0.3 is 0 Å². The molecule has 3 N–H and O–H groups in total. The van der Waals surface area contributed by atoms with E-state index in [0.717, 1.165) is 16.5 Å². The maximum Gasteiger partial charge on any atom is 0.0861 e. The maximum absolute atomic E-state index is 10.3. The van der Waals surface area contributed by atoms with Gasteiger partial charge in [0.15, 0.2) is 0 Å². The second-order valence-electron chi connectivity index (χ2n) is 4.50. The van der Waals surface area contributed by atoms with Crippen molar-refractivity contribution in [3.8, 4) is 0 Å². The topological polar surface area (TPSA) is 46.2 Å². The van der Waals surface area contributed by atoms with Crippen LogP contribution in [-0.4, -0.2) is 11.7 Å².